The van der Waals surface area contributed by atoms with Crippen LogP contribution < -0.4 is 0 Å². The molecule has 0 atom stereocenters. The van der Waals surface area contributed by atoms with Crippen LogP contribution in [0.4, 0.5) is 0 Å². The first kappa shape index (κ1) is 14.2. The molecule has 0 N–H and O–H groups in total. The molecule has 3 heteroatoms. The summed E-state index contributed by atoms with van der Waals surface area (Å²) < 4.78 is 10.4. The zero-order valence-corrected chi connectivity index (χ0v) is 10.6. The van der Waals surface area contributed by atoms with Crippen molar-refractivity contribution in [3.05, 3.63) is 12.2 Å². The van der Waals surface area contributed by atoms with E-state index in [0.717, 1.165) is 0 Å². The molecule has 0 aromatic rings. The maximum Gasteiger partial charge on any atom is 0.335 e. The molecule has 88 valence electrons. The summed E-state index contributed by atoms with van der Waals surface area (Å²) in [5, 5.41) is 0. The van der Waals surface area contributed by atoms with Gasteiger partial charge in [-0.25, -0.2) is 4.79 Å². The Morgan fingerprint density at radius 2 is 1.67 bits per heavy atom. The van der Waals surface area contributed by atoms with Crippen molar-refractivity contribution in [2.75, 3.05) is 6.79 Å². The molecule has 0 heterocycles. The second kappa shape index (κ2) is 4.79. The Labute approximate surface area is 92.5 Å². The van der Waals surface area contributed by atoms with Crippen LogP contribution in [-0.2, 0) is 14.3 Å². The summed E-state index contributed by atoms with van der Waals surface area (Å²) in [5.74, 6) is -0.417. The quantitative estimate of drug-likeness (QED) is 0.410. The van der Waals surface area contributed by atoms with Crippen LogP contribution in [0.2, 0.25) is 0 Å². The number of esters is 1. The Balaban J connectivity index is 4.07. The third kappa shape index (κ3) is 4.47. The van der Waals surface area contributed by atoms with Crippen molar-refractivity contribution in [2.45, 2.75) is 47.1 Å². The molecule has 0 spiro atoms. The van der Waals surface area contributed by atoms with E-state index in [1.165, 1.54) is 0 Å². The Morgan fingerprint density at radius 1 is 1.20 bits per heavy atom. The highest BCUT2D eigenvalue weighted by molar-refractivity contribution is 5.86. The van der Waals surface area contributed by atoms with Gasteiger partial charge in [0.15, 0.2) is 6.79 Å². The van der Waals surface area contributed by atoms with E-state index < -0.39 is 5.97 Å². The van der Waals surface area contributed by atoms with E-state index in [-0.39, 0.29) is 17.8 Å². The molecule has 0 aliphatic heterocycles. The molecule has 15 heavy (non-hydrogen) atoms. The normalized spacial score (nSPS) is 12.4. The second-order valence-corrected chi connectivity index (χ2v) is 5.23. The molecular formula is C12H22O3. The van der Waals surface area contributed by atoms with Gasteiger partial charge in [0.2, 0.25) is 0 Å². The number of carbonyl (C=O) groups excluding carboxylic acids is 1. The van der Waals surface area contributed by atoms with Crippen LogP contribution in [0.3, 0.4) is 0 Å². The maximum atomic E-state index is 11.1. The van der Waals surface area contributed by atoms with Gasteiger partial charge in [-0.1, -0.05) is 27.4 Å². The van der Waals surface area contributed by atoms with Gasteiger partial charge in [0, 0.05) is 5.57 Å². The molecule has 0 unspecified atom stereocenters. The molecule has 0 saturated heterocycles. The van der Waals surface area contributed by atoms with Crippen molar-refractivity contribution in [1.29, 1.82) is 0 Å². The van der Waals surface area contributed by atoms with Crippen LogP contribution in [0.15, 0.2) is 12.2 Å². The van der Waals surface area contributed by atoms with Crippen LogP contribution in [0.5, 0.6) is 0 Å². The predicted octanol–water partition coefficient (Wildman–Crippen LogP) is 2.90. The number of hydrogen-bond donors (Lipinski definition) is 0. The lowest BCUT2D eigenvalue weighted by atomic mass is 9.79. The molecule has 0 aromatic carbocycles. The van der Waals surface area contributed by atoms with Gasteiger partial charge in [0.05, 0.1) is 5.60 Å². The maximum absolute atomic E-state index is 11.1. The number of hydrogen-bond acceptors (Lipinski definition) is 3. The first-order chi connectivity index (χ1) is 6.58. The van der Waals surface area contributed by atoms with Gasteiger partial charge >= 0.3 is 5.97 Å². The highest BCUT2D eigenvalue weighted by Gasteiger charge is 2.33. The monoisotopic (exact) mass is 214 g/mol. The number of rotatable bonds is 4. The molecular weight excluding hydrogens is 192 g/mol. The molecule has 0 radical (unpaired) electrons. The van der Waals surface area contributed by atoms with E-state index in [1.54, 1.807) is 6.92 Å². The van der Waals surface area contributed by atoms with Gasteiger partial charge in [-0.15, -0.1) is 0 Å². The molecule has 0 aliphatic carbocycles. The van der Waals surface area contributed by atoms with Crippen molar-refractivity contribution in [2.24, 2.45) is 5.41 Å². The third-order valence-electron chi connectivity index (χ3n) is 2.76. The standard InChI is InChI=1S/C12H22O3/c1-9(2)10(13)14-8-15-12(6,7)11(3,4)5/h1,8H2,2-7H3. The molecule has 0 saturated carbocycles. The van der Waals surface area contributed by atoms with Gasteiger partial charge in [-0.3, -0.25) is 0 Å². The van der Waals surface area contributed by atoms with Gasteiger partial charge in [0.25, 0.3) is 0 Å². The van der Waals surface area contributed by atoms with Crippen LogP contribution in [-0.4, -0.2) is 18.4 Å². The lowest BCUT2D eigenvalue weighted by molar-refractivity contribution is -0.180. The van der Waals surface area contributed by atoms with E-state index in [4.69, 9.17) is 9.47 Å². The Morgan fingerprint density at radius 3 is 2.00 bits per heavy atom. The zero-order valence-electron chi connectivity index (χ0n) is 10.6. The van der Waals surface area contributed by atoms with E-state index in [2.05, 4.69) is 27.4 Å². The molecule has 0 amide bonds. The largest absolute Gasteiger partial charge is 0.435 e. The highest BCUT2D eigenvalue weighted by atomic mass is 16.7. The minimum absolute atomic E-state index is 0.0113. The topological polar surface area (TPSA) is 35.5 Å². The summed E-state index contributed by atoms with van der Waals surface area (Å²) in [5.41, 5.74) is 0.0255. The predicted molar refractivity (Wildman–Crippen MR) is 60.4 cm³/mol. The summed E-state index contributed by atoms with van der Waals surface area (Å²) in [6.07, 6.45) is 0. The summed E-state index contributed by atoms with van der Waals surface area (Å²) in [6, 6.07) is 0. The van der Waals surface area contributed by atoms with Gasteiger partial charge in [-0.05, 0) is 26.2 Å². The minimum atomic E-state index is -0.417. The Hall–Kier alpha value is -0.830. The van der Waals surface area contributed by atoms with E-state index in [0.29, 0.717) is 5.57 Å². The zero-order chi connectivity index (χ0) is 12.3. The van der Waals surface area contributed by atoms with Crippen molar-refractivity contribution in [3.63, 3.8) is 0 Å². The SMILES string of the molecule is C=C(C)C(=O)OCOC(C)(C)C(C)(C)C. The number of ether oxygens (including phenoxy) is 2. The summed E-state index contributed by atoms with van der Waals surface area (Å²) in [6.45, 7) is 15.2. The highest BCUT2D eigenvalue weighted by Crippen LogP contribution is 2.32. The lowest BCUT2D eigenvalue weighted by Crippen LogP contribution is -2.40. The molecule has 0 fully saturated rings. The van der Waals surface area contributed by atoms with Gasteiger partial charge in [0.1, 0.15) is 0 Å². The minimum Gasteiger partial charge on any atom is -0.435 e. The van der Waals surface area contributed by atoms with E-state index >= 15 is 0 Å². The average molecular weight is 214 g/mol. The summed E-state index contributed by atoms with van der Waals surface area (Å²) in [4.78, 5) is 11.1. The van der Waals surface area contributed by atoms with Gasteiger partial charge < -0.3 is 9.47 Å². The van der Waals surface area contributed by atoms with E-state index in [1.807, 2.05) is 13.8 Å². The molecule has 0 bridgehead atoms. The molecule has 0 rings (SSSR count). The van der Waals surface area contributed by atoms with Crippen molar-refractivity contribution in [3.8, 4) is 0 Å². The van der Waals surface area contributed by atoms with Crippen molar-refractivity contribution < 1.29 is 14.3 Å². The van der Waals surface area contributed by atoms with Crippen LogP contribution in [0.25, 0.3) is 0 Å². The summed E-state index contributed by atoms with van der Waals surface area (Å²) >= 11 is 0. The molecule has 0 aromatic heterocycles. The Kier molecular flexibility index (Phi) is 4.53. The van der Waals surface area contributed by atoms with Crippen LogP contribution in [0, 0.1) is 5.41 Å². The fourth-order valence-electron chi connectivity index (χ4n) is 0.570. The molecule has 0 aliphatic rings. The van der Waals surface area contributed by atoms with Crippen LogP contribution in [0.1, 0.15) is 41.5 Å². The van der Waals surface area contributed by atoms with Crippen LogP contribution >= 0.6 is 0 Å². The smallest absolute Gasteiger partial charge is 0.335 e. The average Bonchev–Trinajstić information content (AvgIpc) is 2.01. The fourth-order valence-corrected chi connectivity index (χ4v) is 0.570. The number of carbonyl (C=O) groups is 1. The Bertz CT molecular complexity index is 246. The molecule has 3 nitrogen and oxygen atoms in total. The van der Waals surface area contributed by atoms with Crippen molar-refractivity contribution in [1.82, 2.24) is 0 Å². The van der Waals surface area contributed by atoms with Crippen molar-refractivity contribution >= 4 is 5.97 Å². The fraction of sp³-hybridized carbons (Fsp3) is 0.750. The summed E-state index contributed by atoms with van der Waals surface area (Å²) in [7, 11) is 0. The second-order valence-electron chi connectivity index (χ2n) is 5.23. The van der Waals surface area contributed by atoms with E-state index in [9.17, 15) is 4.79 Å². The first-order valence-electron chi connectivity index (χ1n) is 5.04. The lowest BCUT2D eigenvalue weighted by Gasteiger charge is -2.38. The van der Waals surface area contributed by atoms with Gasteiger partial charge in [-0.2, -0.15) is 0 Å². The first-order valence-corrected chi connectivity index (χ1v) is 5.04. The third-order valence-corrected chi connectivity index (χ3v) is 2.76.